The Hall–Kier alpha value is -1.74. The first-order chi connectivity index (χ1) is 8.36. The average Bonchev–Trinajstić information content (AvgIpc) is 2.27. The van der Waals surface area contributed by atoms with Gasteiger partial charge in [0.25, 0.3) is 0 Å². The van der Waals surface area contributed by atoms with Crippen molar-refractivity contribution in [3.05, 3.63) is 34.3 Å². The van der Waals surface area contributed by atoms with Crippen LogP contribution in [0.2, 0.25) is 5.02 Å². The fourth-order valence-corrected chi connectivity index (χ4v) is 1.44. The van der Waals surface area contributed by atoms with Crippen LogP contribution in [0, 0.1) is 11.3 Å². The Kier molecular flexibility index (Phi) is 4.56. The summed E-state index contributed by atoms with van der Waals surface area (Å²) >= 11 is 5.66. The van der Waals surface area contributed by atoms with Gasteiger partial charge in [-0.15, -0.1) is 0 Å². The first kappa shape index (κ1) is 14.3. The maximum Gasteiger partial charge on any atom is 0.417 e. The van der Waals surface area contributed by atoms with Gasteiger partial charge in [-0.05, 0) is 25.1 Å². The van der Waals surface area contributed by atoms with Crippen LogP contribution in [0.3, 0.4) is 0 Å². The molecule has 0 radical (unpaired) electrons. The normalized spacial score (nSPS) is 12.1. The summed E-state index contributed by atoms with van der Waals surface area (Å²) in [6.45, 7) is 1.01. The number of oxime groups is 1. The minimum Gasteiger partial charge on any atom is -0.380 e. The standard InChI is InChI=1S/C11H8ClF3N2O/c1-7(17-18-5-4-16)9-6-8(12)2-3-10(9)11(13,14)15/h2-3,6H,5H2,1H3/b17-7+. The zero-order valence-electron chi connectivity index (χ0n) is 9.25. The summed E-state index contributed by atoms with van der Waals surface area (Å²) in [6, 6.07) is 4.83. The molecule has 0 unspecified atom stereocenters. The molecule has 0 saturated carbocycles. The molecule has 0 saturated heterocycles. The van der Waals surface area contributed by atoms with Crippen molar-refractivity contribution in [3.8, 4) is 6.07 Å². The highest BCUT2D eigenvalue weighted by atomic mass is 35.5. The van der Waals surface area contributed by atoms with Crippen LogP contribution in [-0.4, -0.2) is 12.3 Å². The molecule has 0 aliphatic rings. The molecule has 1 aromatic carbocycles. The lowest BCUT2D eigenvalue weighted by Gasteiger charge is -2.12. The zero-order valence-corrected chi connectivity index (χ0v) is 10.0. The van der Waals surface area contributed by atoms with E-state index in [9.17, 15) is 13.2 Å². The van der Waals surface area contributed by atoms with Crippen molar-refractivity contribution in [2.45, 2.75) is 13.1 Å². The third-order valence-electron chi connectivity index (χ3n) is 2.01. The monoisotopic (exact) mass is 276 g/mol. The quantitative estimate of drug-likeness (QED) is 0.481. The van der Waals surface area contributed by atoms with E-state index in [1.807, 2.05) is 0 Å². The topological polar surface area (TPSA) is 45.4 Å². The molecule has 0 aromatic heterocycles. The van der Waals surface area contributed by atoms with Gasteiger partial charge in [-0.1, -0.05) is 16.8 Å². The maximum atomic E-state index is 12.7. The summed E-state index contributed by atoms with van der Waals surface area (Å²) in [5.74, 6) is 0. The predicted octanol–water partition coefficient (Wildman–Crippen LogP) is 3.62. The number of benzene rings is 1. The number of alkyl halides is 3. The van der Waals surface area contributed by atoms with Gasteiger partial charge in [0.1, 0.15) is 6.07 Å². The molecular weight excluding hydrogens is 269 g/mol. The van der Waals surface area contributed by atoms with E-state index in [-0.39, 0.29) is 22.9 Å². The van der Waals surface area contributed by atoms with Crippen molar-refractivity contribution in [3.63, 3.8) is 0 Å². The molecule has 0 fully saturated rings. The van der Waals surface area contributed by atoms with E-state index in [4.69, 9.17) is 16.9 Å². The number of rotatable bonds is 3. The summed E-state index contributed by atoms with van der Waals surface area (Å²) in [5, 5.41) is 11.8. The number of hydrogen-bond donors (Lipinski definition) is 0. The van der Waals surface area contributed by atoms with E-state index in [1.165, 1.54) is 6.92 Å². The molecule has 1 rings (SSSR count). The maximum absolute atomic E-state index is 12.7. The lowest BCUT2D eigenvalue weighted by molar-refractivity contribution is -0.137. The second-order valence-electron chi connectivity index (χ2n) is 3.30. The van der Waals surface area contributed by atoms with Crippen LogP contribution < -0.4 is 0 Å². The predicted molar refractivity (Wildman–Crippen MR) is 60.2 cm³/mol. The molecule has 0 aliphatic heterocycles. The largest absolute Gasteiger partial charge is 0.417 e. The molecule has 0 heterocycles. The van der Waals surface area contributed by atoms with E-state index in [2.05, 4.69) is 9.99 Å². The summed E-state index contributed by atoms with van der Waals surface area (Å²) in [5.41, 5.74) is -1.03. The van der Waals surface area contributed by atoms with Crippen LogP contribution in [0.4, 0.5) is 13.2 Å². The second-order valence-corrected chi connectivity index (χ2v) is 3.73. The average molecular weight is 277 g/mol. The SMILES string of the molecule is C/C(=N\OCC#N)c1cc(Cl)ccc1C(F)(F)F. The number of halogens is 4. The van der Waals surface area contributed by atoms with Gasteiger partial charge in [0, 0.05) is 10.6 Å². The van der Waals surface area contributed by atoms with Gasteiger partial charge in [-0.3, -0.25) is 0 Å². The smallest absolute Gasteiger partial charge is 0.380 e. The highest BCUT2D eigenvalue weighted by Crippen LogP contribution is 2.33. The third kappa shape index (κ3) is 3.64. The van der Waals surface area contributed by atoms with Crippen molar-refractivity contribution < 1.29 is 18.0 Å². The summed E-state index contributed by atoms with van der Waals surface area (Å²) < 4.78 is 38.2. The molecule has 0 aliphatic carbocycles. The van der Waals surface area contributed by atoms with Gasteiger partial charge < -0.3 is 4.84 Å². The highest BCUT2D eigenvalue weighted by Gasteiger charge is 2.34. The Morgan fingerprint density at radius 2 is 2.17 bits per heavy atom. The lowest BCUT2D eigenvalue weighted by Crippen LogP contribution is -2.12. The first-order valence-corrected chi connectivity index (χ1v) is 5.14. The number of nitrogens with zero attached hydrogens (tertiary/aromatic N) is 2. The van der Waals surface area contributed by atoms with Crippen molar-refractivity contribution in [2.75, 3.05) is 6.61 Å². The Bertz CT molecular complexity index is 506. The molecule has 0 spiro atoms. The summed E-state index contributed by atoms with van der Waals surface area (Å²) in [4.78, 5) is 4.52. The first-order valence-electron chi connectivity index (χ1n) is 4.77. The Morgan fingerprint density at radius 3 is 2.72 bits per heavy atom. The van der Waals surface area contributed by atoms with Gasteiger partial charge in [-0.2, -0.15) is 18.4 Å². The molecule has 3 nitrogen and oxygen atoms in total. The molecular formula is C11H8ClF3N2O. The van der Waals surface area contributed by atoms with E-state index in [0.717, 1.165) is 18.2 Å². The molecule has 0 N–H and O–H groups in total. The summed E-state index contributed by atoms with van der Waals surface area (Å²) in [6.07, 6.45) is -4.51. The molecule has 1 aromatic rings. The Morgan fingerprint density at radius 1 is 1.50 bits per heavy atom. The highest BCUT2D eigenvalue weighted by molar-refractivity contribution is 6.31. The second kappa shape index (κ2) is 5.74. The fraction of sp³-hybridized carbons (Fsp3) is 0.273. The van der Waals surface area contributed by atoms with E-state index < -0.39 is 11.7 Å². The van der Waals surface area contributed by atoms with Crippen LogP contribution in [0.1, 0.15) is 18.1 Å². The van der Waals surface area contributed by atoms with Gasteiger partial charge in [0.2, 0.25) is 6.61 Å². The zero-order chi connectivity index (χ0) is 13.8. The van der Waals surface area contributed by atoms with E-state index in [1.54, 1.807) is 6.07 Å². The van der Waals surface area contributed by atoms with Gasteiger partial charge in [0.05, 0.1) is 11.3 Å². The molecule has 0 atom stereocenters. The van der Waals surface area contributed by atoms with Crippen molar-refractivity contribution >= 4 is 17.3 Å². The van der Waals surface area contributed by atoms with Gasteiger partial charge in [-0.25, -0.2) is 0 Å². The van der Waals surface area contributed by atoms with Crippen LogP contribution >= 0.6 is 11.6 Å². The van der Waals surface area contributed by atoms with E-state index in [0.29, 0.717) is 0 Å². The number of hydrogen-bond acceptors (Lipinski definition) is 3. The van der Waals surface area contributed by atoms with Gasteiger partial charge >= 0.3 is 6.18 Å². The van der Waals surface area contributed by atoms with Crippen molar-refractivity contribution in [2.24, 2.45) is 5.16 Å². The fourth-order valence-electron chi connectivity index (χ4n) is 1.27. The van der Waals surface area contributed by atoms with E-state index >= 15 is 0 Å². The molecule has 18 heavy (non-hydrogen) atoms. The van der Waals surface area contributed by atoms with Crippen LogP contribution in [0.5, 0.6) is 0 Å². The number of nitriles is 1. The molecule has 0 bridgehead atoms. The van der Waals surface area contributed by atoms with Crippen LogP contribution in [-0.2, 0) is 11.0 Å². The molecule has 7 heteroatoms. The third-order valence-corrected chi connectivity index (χ3v) is 2.24. The Balaban J connectivity index is 3.18. The molecule has 0 amide bonds. The minimum atomic E-state index is -4.51. The van der Waals surface area contributed by atoms with Crippen LogP contribution in [0.25, 0.3) is 0 Å². The lowest BCUT2D eigenvalue weighted by atomic mass is 10.0. The van der Waals surface area contributed by atoms with Crippen molar-refractivity contribution in [1.82, 2.24) is 0 Å². The molecule has 96 valence electrons. The van der Waals surface area contributed by atoms with Crippen molar-refractivity contribution in [1.29, 1.82) is 5.26 Å². The van der Waals surface area contributed by atoms with Gasteiger partial charge in [0.15, 0.2) is 0 Å². The van der Waals surface area contributed by atoms with Crippen LogP contribution in [0.15, 0.2) is 23.4 Å². The Labute approximate surface area is 106 Å². The minimum absolute atomic E-state index is 0.0000694. The summed E-state index contributed by atoms with van der Waals surface area (Å²) in [7, 11) is 0.